The second-order valence-electron chi connectivity index (χ2n) is 6.55. The van der Waals surface area contributed by atoms with Crippen LogP contribution in [0.1, 0.15) is 32.3 Å². The zero-order valence-corrected chi connectivity index (χ0v) is 16.7. The van der Waals surface area contributed by atoms with Crippen molar-refractivity contribution in [3.05, 3.63) is 54.4 Å². The van der Waals surface area contributed by atoms with Gasteiger partial charge >= 0.3 is 0 Å². The lowest BCUT2D eigenvalue weighted by atomic mass is 10.0. The average Bonchev–Trinajstić information content (AvgIpc) is 3.11. The Morgan fingerprint density at radius 3 is 2.50 bits per heavy atom. The van der Waals surface area contributed by atoms with Crippen LogP contribution in [0.15, 0.2) is 53.9 Å². The first-order valence-electron chi connectivity index (χ1n) is 8.87. The molecule has 3 rings (SSSR count). The van der Waals surface area contributed by atoms with E-state index in [0.29, 0.717) is 28.9 Å². The number of aromatic nitrogens is 4. The summed E-state index contributed by atoms with van der Waals surface area (Å²) in [5.41, 5.74) is 2.62. The van der Waals surface area contributed by atoms with Crippen molar-refractivity contribution in [1.82, 2.24) is 19.7 Å². The van der Waals surface area contributed by atoms with E-state index in [0.717, 1.165) is 5.69 Å². The number of nitrogens with zero attached hydrogens (tertiary/aromatic N) is 4. The van der Waals surface area contributed by atoms with Crippen LogP contribution in [0.3, 0.4) is 0 Å². The maximum absolute atomic E-state index is 12.5. The zero-order valence-electron chi connectivity index (χ0n) is 15.9. The molecule has 2 aromatic heterocycles. The minimum absolute atomic E-state index is 0.175. The number of amides is 1. The molecular weight excluding hydrogens is 374 g/mol. The number of hydrogen-bond acceptors (Lipinski definition) is 6. The third-order valence-corrected chi connectivity index (χ3v) is 5.24. The quantitative estimate of drug-likeness (QED) is 0.485. The van der Waals surface area contributed by atoms with Gasteiger partial charge in [-0.25, -0.2) is 4.57 Å². The Labute approximate surface area is 167 Å². The first-order chi connectivity index (χ1) is 13.5. The zero-order chi connectivity index (χ0) is 20.1. The molecule has 0 aliphatic heterocycles. The van der Waals surface area contributed by atoms with Crippen LogP contribution in [0, 0.1) is 0 Å². The number of carbonyl (C=O) groups is 2. The highest BCUT2D eigenvalue weighted by molar-refractivity contribution is 8.00. The van der Waals surface area contributed by atoms with Gasteiger partial charge in [0.1, 0.15) is 0 Å². The van der Waals surface area contributed by atoms with Crippen LogP contribution in [0.2, 0.25) is 0 Å². The van der Waals surface area contributed by atoms with Gasteiger partial charge in [0, 0.05) is 23.6 Å². The fourth-order valence-electron chi connectivity index (χ4n) is 2.55. The number of thioether (sulfide) groups is 1. The van der Waals surface area contributed by atoms with Crippen molar-refractivity contribution in [2.75, 3.05) is 5.32 Å². The summed E-state index contributed by atoms with van der Waals surface area (Å²) in [7, 11) is 0. The fourth-order valence-corrected chi connectivity index (χ4v) is 3.36. The molecule has 0 saturated heterocycles. The molecule has 28 heavy (non-hydrogen) atoms. The maximum atomic E-state index is 12.5. The number of carbonyl (C=O) groups excluding carboxylic acids is 2. The first-order valence-corrected chi connectivity index (χ1v) is 9.75. The Morgan fingerprint density at radius 2 is 1.89 bits per heavy atom. The van der Waals surface area contributed by atoms with Crippen LogP contribution in [0.5, 0.6) is 0 Å². The first kappa shape index (κ1) is 19.8. The summed E-state index contributed by atoms with van der Waals surface area (Å²) in [6.07, 6.45) is 3.89. The molecule has 0 bridgehead atoms. The van der Waals surface area contributed by atoms with E-state index >= 15 is 0 Å². The number of pyridine rings is 1. The van der Waals surface area contributed by atoms with Crippen LogP contribution in [-0.2, 0) is 9.59 Å². The Morgan fingerprint density at radius 1 is 1.14 bits per heavy atom. The molecule has 1 unspecified atom stereocenters. The molecule has 1 N–H and O–H groups in total. The summed E-state index contributed by atoms with van der Waals surface area (Å²) in [6, 6.07) is 11.3. The molecule has 8 heteroatoms. The van der Waals surface area contributed by atoms with Gasteiger partial charge in [0.15, 0.2) is 11.0 Å². The van der Waals surface area contributed by atoms with Crippen molar-refractivity contribution in [2.45, 2.75) is 37.1 Å². The monoisotopic (exact) mass is 395 g/mol. The summed E-state index contributed by atoms with van der Waals surface area (Å²) in [4.78, 5) is 28.1. The fraction of sp³-hybridized carbons (Fsp3) is 0.250. The Balaban J connectivity index is 1.70. The Bertz CT molecular complexity index is 954. The SMILES string of the molecule is CC(Sc1nnc(-c2cccnc2)n1C=O)C(=O)Nc1ccc(C(C)C)cc1. The molecular formula is C20H21N5O2S. The number of nitrogens with one attached hydrogen (secondary N) is 1. The molecule has 0 spiro atoms. The number of rotatable bonds is 7. The van der Waals surface area contributed by atoms with Gasteiger partial charge in [0.25, 0.3) is 0 Å². The van der Waals surface area contributed by atoms with Gasteiger partial charge in [-0.2, -0.15) is 0 Å². The smallest absolute Gasteiger partial charge is 0.237 e. The lowest BCUT2D eigenvalue weighted by Crippen LogP contribution is -2.23. The average molecular weight is 395 g/mol. The molecule has 2 heterocycles. The van der Waals surface area contributed by atoms with E-state index in [-0.39, 0.29) is 5.91 Å². The lowest BCUT2D eigenvalue weighted by molar-refractivity contribution is -0.115. The molecule has 1 amide bonds. The summed E-state index contributed by atoms with van der Waals surface area (Å²) in [6.45, 7) is 6.00. The Hall–Kier alpha value is -3.00. The van der Waals surface area contributed by atoms with E-state index in [4.69, 9.17) is 0 Å². The van der Waals surface area contributed by atoms with E-state index < -0.39 is 5.25 Å². The molecule has 7 nitrogen and oxygen atoms in total. The molecule has 0 fully saturated rings. The normalized spacial score (nSPS) is 12.0. The van der Waals surface area contributed by atoms with Crippen LogP contribution in [-0.4, -0.2) is 37.3 Å². The van der Waals surface area contributed by atoms with Gasteiger partial charge in [0.05, 0.1) is 5.25 Å². The number of hydrogen-bond donors (Lipinski definition) is 1. The van der Waals surface area contributed by atoms with Gasteiger partial charge < -0.3 is 5.32 Å². The van der Waals surface area contributed by atoms with Gasteiger partial charge in [-0.05, 0) is 42.7 Å². The van der Waals surface area contributed by atoms with Crippen molar-refractivity contribution in [3.8, 4) is 11.4 Å². The highest BCUT2D eigenvalue weighted by Gasteiger charge is 2.21. The van der Waals surface area contributed by atoms with Crippen molar-refractivity contribution in [1.29, 1.82) is 0 Å². The second-order valence-corrected chi connectivity index (χ2v) is 7.86. The van der Waals surface area contributed by atoms with Crippen LogP contribution in [0.25, 0.3) is 11.4 Å². The minimum atomic E-state index is -0.463. The molecule has 0 aliphatic carbocycles. The topological polar surface area (TPSA) is 89.8 Å². The molecule has 1 aromatic carbocycles. The lowest BCUT2D eigenvalue weighted by Gasteiger charge is -2.12. The van der Waals surface area contributed by atoms with E-state index in [1.165, 1.54) is 21.9 Å². The van der Waals surface area contributed by atoms with Gasteiger partial charge in [-0.3, -0.25) is 14.6 Å². The van der Waals surface area contributed by atoms with E-state index in [9.17, 15) is 9.59 Å². The van der Waals surface area contributed by atoms with Gasteiger partial charge in [0.2, 0.25) is 12.3 Å². The summed E-state index contributed by atoms with van der Waals surface area (Å²) in [5.74, 6) is 0.649. The summed E-state index contributed by atoms with van der Waals surface area (Å²) in [5, 5.41) is 10.9. The molecule has 0 radical (unpaired) electrons. The largest absolute Gasteiger partial charge is 0.325 e. The minimum Gasteiger partial charge on any atom is -0.325 e. The predicted molar refractivity (Wildman–Crippen MR) is 110 cm³/mol. The van der Waals surface area contributed by atoms with Crippen molar-refractivity contribution in [3.63, 3.8) is 0 Å². The molecule has 144 valence electrons. The van der Waals surface area contributed by atoms with Gasteiger partial charge in [-0.1, -0.05) is 37.7 Å². The van der Waals surface area contributed by atoms with E-state index in [1.807, 2.05) is 24.3 Å². The molecule has 1 atom stereocenters. The van der Waals surface area contributed by atoms with Crippen LogP contribution >= 0.6 is 11.8 Å². The highest BCUT2D eigenvalue weighted by atomic mass is 32.2. The van der Waals surface area contributed by atoms with Crippen molar-refractivity contribution < 1.29 is 9.59 Å². The van der Waals surface area contributed by atoms with Crippen LogP contribution in [0.4, 0.5) is 5.69 Å². The Kier molecular flexibility index (Phi) is 6.20. The number of anilines is 1. The molecule has 0 aliphatic rings. The second kappa shape index (κ2) is 8.79. The van der Waals surface area contributed by atoms with Crippen molar-refractivity contribution in [2.24, 2.45) is 0 Å². The van der Waals surface area contributed by atoms with Gasteiger partial charge in [-0.15, -0.1) is 10.2 Å². The maximum Gasteiger partial charge on any atom is 0.237 e. The van der Waals surface area contributed by atoms with E-state index in [2.05, 4.69) is 34.3 Å². The molecule has 3 aromatic rings. The third kappa shape index (κ3) is 4.45. The molecule has 0 saturated carbocycles. The number of benzene rings is 1. The van der Waals surface area contributed by atoms with Crippen molar-refractivity contribution >= 4 is 29.8 Å². The highest BCUT2D eigenvalue weighted by Crippen LogP contribution is 2.26. The predicted octanol–water partition coefficient (Wildman–Crippen LogP) is 3.62. The summed E-state index contributed by atoms with van der Waals surface area (Å²) < 4.78 is 1.32. The standard InChI is InChI=1S/C20H21N5O2S/c1-13(2)15-6-8-17(9-7-15)22-19(27)14(3)28-20-24-23-18(25(20)12-26)16-5-4-10-21-11-16/h4-14H,1-3H3,(H,22,27). The van der Waals surface area contributed by atoms with E-state index in [1.54, 1.807) is 31.5 Å². The third-order valence-electron chi connectivity index (χ3n) is 4.19. The summed E-state index contributed by atoms with van der Waals surface area (Å²) >= 11 is 1.17. The van der Waals surface area contributed by atoms with Crippen LogP contribution < -0.4 is 5.32 Å².